The van der Waals surface area contributed by atoms with Gasteiger partial charge in [0.1, 0.15) is 29.7 Å². The van der Waals surface area contributed by atoms with Crippen molar-refractivity contribution in [2.75, 3.05) is 53.6 Å². The van der Waals surface area contributed by atoms with Crippen LogP contribution >= 0.6 is 11.8 Å². The van der Waals surface area contributed by atoms with Crippen LogP contribution in [0.1, 0.15) is 68.9 Å². The van der Waals surface area contributed by atoms with Crippen LogP contribution in [0.4, 0.5) is 0 Å². The van der Waals surface area contributed by atoms with Gasteiger partial charge in [-0.1, -0.05) is 6.07 Å². The molecule has 1 fully saturated rings. The number of phenolic OH excluding ortho intramolecular Hbond substituents is 1. The second kappa shape index (κ2) is 13.5. The molecule has 6 aliphatic rings. The van der Waals surface area contributed by atoms with Crippen LogP contribution in [0.15, 0.2) is 24.3 Å². The van der Waals surface area contributed by atoms with Crippen molar-refractivity contribution in [2.45, 2.75) is 74.6 Å². The Morgan fingerprint density at radius 1 is 1.10 bits per heavy atom. The number of carbonyl (C=O) groups is 2. The number of Topliss-reactive ketones (excluding diaryl/α,β-unsaturated/α-hetero) is 1. The van der Waals surface area contributed by atoms with E-state index in [1.54, 1.807) is 26.0 Å². The summed E-state index contributed by atoms with van der Waals surface area (Å²) in [4.78, 5) is 36.1. The lowest BCUT2D eigenvalue weighted by Crippen LogP contribution is -2.69. The predicted octanol–water partition coefficient (Wildman–Crippen LogP) is 4.81. The zero-order valence-corrected chi connectivity index (χ0v) is 34.0. The van der Waals surface area contributed by atoms with Gasteiger partial charge in [-0.3, -0.25) is 24.7 Å². The molecule has 3 aromatic carbocycles. The zero-order valence-electron chi connectivity index (χ0n) is 33.2. The molecule has 10 rings (SSSR count). The van der Waals surface area contributed by atoms with Crippen LogP contribution in [-0.2, 0) is 32.7 Å². The van der Waals surface area contributed by atoms with E-state index in [4.69, 9.17) is 28.4 Å². The molecule has 58 heavy (non-hydrogen) atoms. The number of piperazine rings is 1. The van der Waals surface area contributed by atoms with Gasteiger partial charge in [0.05, 0.1) is 44.2 Å². The fourth-order valence-corrected chi connectivity index (χ4v) is 12.7. The third-order valence-electron chi connectivity index (χ3n) is 13.4. The van der Waals surface area contributed by atoms with Crippen LogP contribution in [-0.4, -0.2) is 103 Å². The number of ether oxygens (including phenoxy) is 6. The quantitative estimate of drug-likeness (QED) is 0.191. The highest BCUT2D eigenvalue weighted by Crippen LogP contribution is 2.64. The molecule has 1 spiro atoms. The lowest BCUT2D eigenvalue weighted by atomic mass is 9.71. The number of methoxy groups -OCH3 is 2. The van der Waals surface area contributed by atoms with Gasteiger partial charge in [-0.2, -0.15) is 5.26 Å². The summed E-state index contributed by atoms with van der Waals surface area (Å²) in [7, 11) is 5.20. The first kappa shape index (κ1) is 37.3. The number of aromatic amines is 1. The molecule has 7 heterocycles. The highest BCUT2D eigenvalue weighted by molar-refractivity contribution is 7.99. The molecule has 0 amide bonds. The minimum absolute atomic E-state index is 0.0230. The van der Waals surface area contributed by atoms with E-state index < -0.39 is 40.9 Å². The predicted molar refractivity (Wildman–Crippen MR) is 213 cm³/mol. The number of ketones is 1. The lowest BCUT2D eigenvalue weighted by Gasteiger charge is -2.61. The normalized spacial score (nSPS) is 28.5. The van der Waals surface area contributed by atoms with Gasteiger partial charge in [-0.25, -0.2) is 0 Å². The molecule has 7 atom stereocenters. The molecule has 4 aromatic rings. The van der Waals surface area contributed by atoms with E-state index in [9.17, 15) is 20.0 Å². The number of likely N-dealkylation sites (N-methyl/N-ethyl adjacent to an activating group) is 1. The first-order valence-corrected chi connectivity index (χ1v) is 20.7. The topological polar surface area (TPSA) is 168 Å². The number of carbonyl (C=O) groups excluding carboxylic acids is 2. The minimum atomic E-state index is -1.20. The minimum Gasteiger partial charge on any atom is -0.504 e. The summed E-state index contributed by atoms with van der Waals surface area (Å²) in [5, 5.41) is 27.5. The van der Waals surface area contributed by atoms with Crippen molar-refractivity contribution >= 4 is 34.4 Å². The first-order valence-electron chi connectivity index (χ1n) is 19.6. The molecular formula is C43H45N5O9S. The van der Waals surface area contributed by atoms with Gasteiger partial charge in [0.25, 0.3) is 0 Å². The maximum absolute atomic E-state index is 14.9. The van der Waals surface area contributed by atoms with Gasteiger partial charge in [-0.15, -0.1) is 11.8 Å². The summed E-state index contributed by atoms with van der Waals surface area (Å²) < 4.78 is 36.5. The summed E-state index contributed by atoms with van der Waals surface area (Å²) >= 11 is 1.57. The lowest BCUT2D eigenvalue weighted by molar-refractivity contribution is -0.133. The second-order valence-corrected chi connectivity index (χ2v) is 17.3. The van der Waals surface area contributed by atoms with Gasteiger partial charge in [0.15, 0.2) is 28.8 Å². The Bertz CT molecular complexity index is 2480. The second-order valence-electron chi connectivity index (χ2n) is 16.1. The van der Waals surface area contributed by atoms with E-state index in [0.717, 1.165) is 50.0 Å². The number of hydrogen-bond acceptors (Lipinski definition) is 14. The van der Waals surface area contributed by atoms with E-state index >= 15 is 0 Å². The maximum atomic E-state index is 14.9. The Kier molecular flexibility index (Phi) is 8.70. The first-order chi connectivity index (χ1) is 28.0. The molecular weight excluding hydrogens is 763 g/mol. The Morgan fingerprint density at radius 2 is 1.91 bits per heavy atom. The number of nitriles is 1. The van der Waals surface area contributed by atoms with Crippen LogP contribution in [0.2, 0.25) is 0 Å². The SMILES string of the molecule is COc1ccc2c3c([nH]c2c1)[C@@]1(CS[C@@H]2c4c(OC(C)=O)c(C)c5c(c4[C@@H](COCC1=O)N1C2[C@@H]2c4c(cc(C)c(OC)c4O)C[C@@H]([C@@H]1C#N)N2C)OCO5)NCC3. The molecule has 15 heteroatoms. The molecule has 4 bridgehead atoms. The molecule has 1 aromatic heterocycles. The number of aryl methyl sites for hydroxylation is 1. The zero-order chi connectivity index (χ0) is 40.4. The summed E-state index contributed by atoms with van der Waals surface area (Å²) in [6, 6.07) is 8.19. The van der Waals surface area contributed by atoms with Crippen molar-refractivity contribution in [1.82, 2.24) is 20.1 Å². The van der Waals surface area contributed by atoms with Crippen molar-refractivity contribution in [3.05, 3.63) is 68.9 Å². The number of aromatic hydroxyl groups is 1. The Labute approximate surface area is 339 Å². The van der Waals surface area contributed by atoms with E-state index in [-0.39, 0.29) is 43.3 Å². The highest BCUT2D eigenvalue weighted by atomic mass is 32.2. The molecule has 1 saturated heterocycles. The van der Waals surface area contributed by atoms with Crippen LogP contribution in [0.25, 0.3) is 10.9 Å². The number of aromatic nitrogens is 1. The Balaban J connectivity index is 1.25. The standard InChI is InChI=1S/C43H45N5O9S/c1-19-11-22-12-27-28(14-44)48-29-15-54-16-30(50)43(42-25(9-10-45-43)24-8-7-23(52-5)13-26(24)46-42)17-58-41(35(48)34(47(27)4)31(22)36(51)37(19)53-6)33-32(29)40-39(55-18-56-40)20(2)38(33)57-21(3)49/h7-8,11,13,27-29,34-35,41,45-46,51H,9-10,12,15-18H2,1-6H3/t27-,28-,29+,34-,35?,41+,43-/m0/s1. The smallest absolute Gasteiger partial charge is 0.308 e. The van der Waals surface area contributed by atoms with E-state index in [1.807, 2.05) is 39.1 Å². The summed E-state index contributed by atoms with van der Waals surface area (Å²) in [6.07, 6.45) is 1.23. The van der Waals surface area contributed by atoms with Crippen LogP contribution < -0.4 is 29.0 Å². The van der Waals surface area contributed by atoms with Gasteiger partial charge in [-0.05, 0) is 62.6 Å². The summed E-state index contributed by atoms with van der Waals surface area (Å²) in [6.45, 7) is 5.50. The third-order valence-corrected chi connectivity index (χ3v) is 14.8. The van der Waals surface area contributed by atoms with Crippen LogP contribution in [0.3, 0.4) is 0 Å². The number of nitrogens with zero attached hydrogens (tertiary/aromatic N) is 3. The van der Waals surface area contributed by atoms with Crippen LogP contribution in [0.5, 0.6) is 34.5 Å². The molecule has 302 valence electrons. The largest absolute Gasteiger partial charge is 0.504 e. The molecule has 14 nitrogen and oxygen atoms in total. The van der Waals surface area contributed by atoms with Crippen LogP contribution in [0, 0.1) is 25.2 Å². The van der Waals surface area contributed by atoms with Gasteiger partial charge < -0.3 is 38.5 Å². The molecule has 3 N–H and O–H groups in total. The summed E-state index contributed by atoms with van der Waals surface area (Å²) in [5.41, 5.74) is 6.07. The average Bonchev–Trinajstić information content (AvgIpc) is 3.84. The number of thioether (sulfide) groups is 1. The van der Waals surface area contributed by atoms with Crippen molar-refractivity contribution in [3.63, 3.8) is 0 Å². The molecule has 0 radical (unpaired) electrons. The Hall–Kier alpha value is -4.98. The number of fused-ring (bicyclic) bond motifs is 13. The Morgan fingerprint density at radius 3 is 2.67 bits per heavy atom. The van der Waals surface area contributed by atoms with Crippen molar-refractivity contribution in [1.29, 1.82) is 5.26 Å². The van der Waals surface area contributed by atoms with Crippen molar-refractivity contribution in [3.8, 4) is 40.6 Å². The fourth-order valence-electron chi connectivity index (χ4n) is 11.0. The van der Waals surface area contributed by atoms with Gasteiger partial charge >= 0.3 is 5.97 Å². The molecule has 0 saturated carbocycles. The van der Waals surface area contributed by atoms with Crippen molar-refractivity contribution < 1.29 is 43.1 Å². The fraction of sp³-hybridized carbons (Fsp3) is 0.465. The monoisotopic (exact) mass is 807 g/mol. The number of esters is 1. The summed E-state index contributed by atoms with van der Waals surface area (Å²) in [5.74, 6) is 2.16. The number of hydrogen-bond donors (Lipinski definition) is 3. The maximum Gasteiger partial charge on any atom is 0.308 e. The number of nitrogens with one attached hydrogen (secondary N) is 2. The number of benzene rings is 3. The van der Waals surface area contributed by atoms with E-state index in [2.05, 4.69) is 32.2 Å². The van der Waals surface area contributed by atoms with Gasteiger partial charge in [0, 0.05) is 76.2 Å². The molecule has 6 aliphatic heterocycles. The number of H-pyrrole nitrogens is 1. The molecule has 0 aliphatic carbocycles. The van der Waals surface area contributed by atoms with Gasteiger partial charge in [0.2, 0.25) is 6.79 Å². The highest BCUT2D eigenvalue weighted by Gasteiger charge is 2.61. The average molecular weight is 808 g/mol. The third kappa shape index (κ3) is 5.05. The van der Waals surface area contributed by atoms with E-state index in [0.29, 0.717) is 53.7 Å². The number of phenols is 1. The van der Waals surface area contributed by atoms with Crippen molar-refractivity contribution in [2.24, 2.45) is 0 Å². The number of rotatable bonds is 3. The van der Waals surface area contributed by atoms with E-state index in [1.165, 1.54) is 6.92 Å². The molecule has 1 unspecified atom stereocenters.